The van der Waals surface area contributed by atoms with Crippen molar-refractivity contribution >= 4 is 5.97 Å². The SMILES string of the molecule is CCCCCCCCCCC(CCCCCCCC)CC(=O)[O-].c1ccc(-c2ccccc2)cc1. The molecule has 0 amide bonds. The van der Waals surface area contributed by atoms with Gasteiger partial charge in [-0.1, -0.05) is 177 Å². The number of hydrogen-bond donors (Lipinski definition) is 0. The fourth-order valence-electron chi connectivity index (χ4n) is 4.63. The highest BCUT2D eigenvalue weighted by Crippen LogP contribution is 2.22. The summed E-state index contributed by atoms with van der Waals surface area (Å²) in [4.78, 5) is 10.9. The molecule has 0 fully saturated rings. The maximum absolute atomic E-state index is 10.9. The normalized spacial score (nSPS) is 11.5. The number of carboxylic acids is 1. The van der Waals surface area contributed by atoms with Gasteiger partial charge >= 0.3 is 0 Å². The molecule has 0 aliphatic rings. The summed E-state index contributed by atoms with van der Waals surface area (Å²) in [6.07, 6.45) is 20.7. The van der Waals surface area contributed by atoms with E-state index in [1.165, 1.54) is 101 Å². The number of carboxylic acid groups (broad SMARTS) is 1. The van der Waals surface area contributed by atoms with E-state index >= 15 is 0 Å². The van der Waals surface area contributed by atoms with Crippen molar-refractivity contribution in [2.24, 2.45) is 5.92 Å². The minimum absolute atomic E-state index is 0.269. The van der Waals surface area contributed by atoms with Gasteiger partial charge in [0.1, 0.15) is 0 Å². The molecular weight excluding hydrogens is 428 g/mol. The standard InChI is InChI=1S/C21H42O2.C12H10/c1-3-5-7-9-11-12-14-16-18-20(19-21(22)23)17-15-13-10-8-6-4-2;1-3-7-11(8-4-1)12-9-5-2-6-10-12/h20H,3-19H2,1-2H3,(H,22,23);1-10H/p-1. The zero-order chi connectivity index (χ0) is 25.4. The summed E-state index contributed by atoms with van der Waals surface area (Å²) in [6.45, 7) is 4.49. The molecule has 0 saturated heterocycles. The lowest BCUT2D eigenvalue weighted by atomic mass is 9.91. The first kappa shape index (κ1) is 30.9. The summed E-state index contributed by atoms with van der Waals surface area (Å²) >= 11 is 0. The van der Waals surface area contributed by atoms with Gasteiger partial charge < -0.3 is 9.90 Å². The van der Waals surface area contributed by atoms with Crippen molar-refractivity contribution in [2.45, 2.75) is 123 Å². The van der Waals surface area contributed by atoms with Crippen LogP contribution < -0.4 is 5.11 Å². The number of unbranched alkanes of at least 4 members (excludes halogenated alkanes) is 12. The zero-order valence-corrected chi connectivity index (χ0v) is 22.7. The van der Waals surface area contributed by atoms with Crippen molar-refractivity contribution < 1.29 is 9.90 Å². The second-order valence-corrected chi connectivity index (χ2v) is 9.99. The summed E-state index contributed by atoms with van der Waals surface area (Å²) in [5.41, 5.74) is 2.55. The van der Waals surface area contributed by atoms with Crippen LogP contribution in [0.25, 0.3) is 11.1 Å². The van der Waals surface area contributed by atoms with Gasteiger partial charge in [0.2, 0.25) is 0 Å². The number of hydrogen-bond acceptors (Lipinski definition) is 2. The Balaban J connectivity index is 0.000000420. The summed E-state index contributed by atoms with van der Waals surface area (Å²) in [6, 6.07) is 20.8. The van der Waals surface area contributed by atoms with Crippen LogP contribution in [0.1, 0.15) is 123 Å². The molecule has 0 aromatic heterocycles. The molecule has 1 unspecified atom stereocenters. The lowest BCUT2D eigenvalue weighted by molar-refractivity contribution is -0.306. The van der Waals surface area contributed by atoms with Crippen molar-refractivity contribution in [3.63, 3.8) is 0 Å². The lowest BCUT2D eigenvalue weighted by Crippen LogP contribution is -2.25. The molecule has 0 bridgehead atoms. The Kier molecular flexibility index (Phi) is 19.8. The van der Waals surface area contributed by atoms with Crippen molar-refractivity contribution in [3.8, 4) is 11.1 Å². The molecule has 0 N–H and O–H groups in total. The third kappa shape index (κ3) is 17.9. The Labute approximate surface area is 216 Å². The van der Waals surface area contributed by atoms with Gasteiger partial charge in [0, 0.05) is 5.97 Å². The van der Waals surface area contributed by atoms with E-state index in [9.17, 15) is 9.90 Å². The molecule has 2 rings (SSSR count). The molecule has 196 valence electrons. The molecule has 0 spiro atoms. The molecule has 0 aliphatic carbocycles. The van der Waals surface area contributed by atoms with Crippen LogP contribution in [0.2, 0.25) is 0 Å². The van der Waals surface area contributed by atoms with Crippen molar-refractivity contribution in [1.29, 1.82) is 0 Å². The molecule has 2 aromatic rings. The van der Waals surface area contributed by atoms with Gasteiger partial charge in [0.05, 0.1) is 0 Å². The third-order valence-electron chi connectivity index (χ3n) is 6.77. The van der Waals surface area contributed by atoms with E-state index in [0.29, 0.717) is 5.92 Å². The van der Waals surface area contributed by atoms with E-state index in [4.69, 9.17) is 0 Å². The lowest BCUT2D eigenvalue weighted by Gasteiger charge is -2.17. The van der Waals surface area contributed by atoms with E-state index < -0.39 is 5.97 Å². The Hall–Kier alpha value is -2.09. The minimum atomic E-state index is -0.861. The van der Waals surface area contributed by atoms with Crippen molar-refractivity contribution in [3.05, 3.63) is 60.7 Å². The summed E-state index contributed by atoms with van der Waals surface area (Å²) in [5, 5.41) is 10.9. The van der Waals surface area contributed by atoms with Crippen LogP contribution in [0.5, 0.6) is 0 Å². The van der Waals surface area contributed by atoms with Gasteiger partial charge in [-0.05, 0) is 23.5 Å². The number of carbonyl (C=O) groups excluding carboxylic acids is 1. The Morgan fingerprint density at radius 2 is 0.914 bits per heavy atom. The first-order chi connectivity index (χ1) is 17.2. The highest BCUT2D eigenvalue weighted by Gasteiger charge is 2.09. The number of carbonyl (C=O) groups is 1. The fourth-order valence-corrected chi connectivity index (χ4v) is 4.63. The first-order valence-corrected chi connectivity index (χ1v) is 14.5. The van der Waals surface area contributed by atoms with Gasteiger partial charge in [-0.15, -0.1) is 0 Å². The number of rotatable bonds is 19. The number of benzene rings is 2. The van der Waals surface area contributed by atoms with Gasteiger partial charge in [-0.2, -0.15) is 0 Å². The molecule has 0 saturated carbocycles. The molecular formula is C33H51O2-. The minimum Gasteiger partial charge on any atom is -0.550 e. The highest BCUT2D eigenvalue weighted by atomic mass is 16.4. The summed E-state index contributed by atoms with van der Waals surface area (Å²) in [7, 11) is 0. The zero-order valence-electron chi connectivity index (χ0n) is 22.7. The van der Waals surface area contributed by atoms with Crippen molar-refractivity contribution in [2.75, 3.05) is 0 Å². The monoisotopic (exact) mass is 479 g/mol. The maximum atomic E-state index is 10.9. The van der Waals surface area contributed by atoms with Crippen LogP contribution in [-0.4, -0.2) is 5.97 Å². The largest absolute Gasteiger partial charge is 0.550 e. The maximum Gasteiger partial charge on any atom is 0.0417 e. The Morgan fingerprint density at radius 3 is 1.26 bits per heavy atom. The van der Waals surface area contributed by atoms with Crippen LogP contribution in [0.15, 0.2) is 60.7 Å². The quantitative estimate of drug-likeness (QED) is 0.188. The fraction of sp³-hybridized carbons (Fsp3) is 0.606. The first-order valence-electron chi connectivity index (χ1n) is 14.5. The molecule has 0 heterocycles. The molecule has 2 aromatic carbocycles. The van der Waals surface area contributed by atoms with Gasteiger partial charge in [-0.25, -0.2) is 0 Å². The van der Waals surface area contributed by atoms with Crippen molar-refractivity contribution in [1.82, 2.24) is 0 Å². The van der Waals surface area contributed by atoms with Gasteiger partial charge in [0.25, 0.3) is 0 Å². The van der Waals surface area contributed by atoms with E-state index in [-0.39, 0.29) is 6.42 Å². The van der Waals surface area contributed by atoms with Gasteiger partial charge in [0.15, 0.2) is 0 Å². The average molecular weight is 480 g/mol. The predicted molar refractivity (Wildman–Crippen MR) is 150 cm³/mol. The van der Waals surface area contributed by atoms with Crippen LogP contribution in [0.4, 0.5) is 0 Å². The van der Waals surface area contributed by atoms with Crippen LogP contribution in [-0.2, 0) is 4.79 Å². The molecule has 2 heteroatoms. The number of aliphatic carboxylic acids is 1. The Bertz CT molecular complexity index is 673. The van der Waals surface area contributed by atoms with Crippen LogP contribution >= 0.6 is 0 Å². The molecule has 35 heavy (non-hydrogen) atoms. The second kappa shape index (κ2) is 22.4. The molecule has 0 radical (unpaired) electrons. The Morgan fingerprint density at radius 1 is 0.571 bits per heavy atom. The van der Waals surface area contributed by atoms with E-state index in [1.54, 1.807) is 0 Å². The summed E-state index contributed by atoms with van der Waals surface area (Å²) in [5.74, 6) is -0.508. The third-order valence-corrected chi connectivity index (χ3v) is 6.77. The second-order valence-electron chi connectivity index (χ2n) is 9.99. The predicted octanol–water partition coefficient (Wildman–Crippen LogP) is 9.38. The smallest absolute Gasteiger partial charge is 0.0417 e. The molecule has 1 atom stereocenters. The average Bonchev–Trinajstić information content (AvgIpc) is 2.88. The van der Waals surface area contributed by atoms with Crippen LogP contribution in [0.3, 0.4) is 0 Å². The molecule has 0 aliphatic heterocycles. The van der Waals surface area contributed by atoms with Crippen LogP contribution in [0, 0.1) is 5.92 Å². The molecule has 2 nitrogen and oxygen atoms in total. The van der Waals surface area contributed by atoms with E-state index in [1.807, 2.05) is 12.1 Å². The van der Waals surface area contributed by atoms with E-state index in [0.717, 1.165) is 12.8 Å². The summed E-state index contributed by atoms with van der Waals surface area (Å²) < 4.78 is 0. The van der Waals surface area contributed by atoms with E-state index in [2.05, 4.69) is 62.4 Å². The highest BCUT2D eigenvalue weighted by molar-refractivity contribution is 5.64. The topological polar surface area (TPSA) is 40.1 Å². The van der Waals surface area contributed by atoms with Gasteiger partial charge in [-0.3, -0.25) is 0 Å².